The lowest BCUT2D eigenvalue weighted by molar-refractivity contribution is -0.121. The van der Waals surface area contributed by atoms with Crippen molar-refractivity contribution in [3.05, 3.63) is 23.8 Å². The number of rotatable bonds is 7. The molecule has 1 atom stereocenters. The molecular formula is C17H26N2O3. The lowest BCUT2D eigenvalue weighted by Gasteiger charge is -2.22. The van der Waals surface area contributed by atoms with Crippen molar-refractivity contribution in [1.29, 1.82) is 0 Å². The second-order valence-electron chi connectivity index (χ2n) is 5.64. The Labute approximate surface area is 132 Å². The van der Waals surface area contributed by atoms with Crippen LogP contribution in [0.1, 0.15) is 31.2 Å². The molecule has 0 spiro atoms. The van der Waals surface area contributed by atoms with E-state index in [0.717, 1.165) is 36.4 Å². The second-order valence-corrected chi connectivity index (χ2v) is 5.64. The number of amides is 1. The molecule has 0 aromatic heterocycles. The zero-order valence-electron chi connectivity index (χ0n) is 13.5. The van der Waals surface area contributed by atoms with Crippen LogP contribution < -0.4 is 20.1 Å². The van der Waals surface area contributed by atoms with Crippen molar-refractivity contribution in [3.63, 3.8) is 0 Å². The molecule has 122 valence electrons. The van der Waals surface area contributed by atoms with E-state index in [9.17, 15) is 4.79 Å². The molecule has 0 saturated carbocycles. The molecule has 1 unspecified atom stereocenters. The van der Waals surface area contributed by atoms with Crippen molar-refractivity contribution in [2.24, 2.45) is 0 Å². The van der Waals surface area contributed by atoms with Gasteiger partial charge < -0.3 is 20.1 Å². The minimum absolute atomic E-state index is 0.125. The van der Waals surface area contributed by atoms with Crippen LogP contribution in [0.2, 0.25) is 0 Å². The fraction of sp³-hybridized carbons (Fsp3) is 0.588. The number of ether oxygens (including phenoxy) is 2. The van der Waals surface area contributed by atoms with Crippen molar-refractivity contribution in [1.82, 2.24) is 10.6 Å². The smallest absolute Gasteiger partial charge is 0.221 e. The Balaban J connectivity index is 1.74. The number of benzene rings is 1. The molecule has 1 aliphatic heterocycles. The molecule has 0 aliphatic carbocycles. The average Bonchev–Trinajstić information content (AvgIpc) is 2.55. The summed E-state index contributed by atoms with van der Waals surface area (Å²) in [5, 5.41) is 6.39. The van der Waals surface area contributed by atoms with Crippen LogP contribution >= 0.6 is 0 Å². The second kappa shape index (κ2) is 8.63. The van der Waals surface area contributed by atoms with E-state index in [2.05, 4.69) is 10.6 Å². The standard InChI is InChI=1S/C17H26N2O3/c1-21-15-7-6-13(11-16(15)22-2)8-10-19-17(20)12-14-5-3-4-9-18-14/h6-7,11,14,18H,3-5,8-10,12H2,1-2H3,(H,19,20). The van der Waals surface area contributed by atoms with E-state index in [0.29, 0.717) is 19.0 Å². The summed E-state index contributed by atoms with van der Waals surface area (Å²) in [4.78, 5) is 11.9. The van der Waals surface area contributed by atoms with Gasteiger partial charge in [-0.05, 0) is 43.5 Å². The topological polar surface area (TPSA) is 59.6 Å². The van der Waals surface area contributed by atoms with Gasteiger partial charge in [0.25, 0.3) is 0 Å². The third-order valence-corrected chi connectivity index (χ3v) is 4.03. The highest BCUT2D eigenvalue weighted by Crippen LogP contribution is 2.27. The molecule has 2 N–H and O–H groups in total. The number of methoxy groups -OCH3 is 2. The third kappa shape index (κ3) is 4.91. The van der Waals surface area contributed by atoms with Gasteiger partial charge in [0, 0.05) is 19.0 Å². The average molecular weight is 306 g/mol. The molecule has 1 aromatic rings. The van der Waals surface area contributed by atoms with Gasteiger partial charge in [0.2, 0.25) is 5.91 Å². The monoisotopic (exact) mass is 306 g/mol. The zero-order valence-corrected chi connectivity index (χ0v) is 13.5. The van der Waals surface area contributed by atoms with Crippen LogP contribution in [-0.2, 0) is 11.2 Å². The first kappa shape index (κ1) is 16.6. The SMILES string of the molecule is COc1ccc(CCNC(=O)CC2CCCCN2)cc1OC. The van der Waals surface area contributed by atoms with Crippen molar-refractivity contribution in [2.45, 2.75) is 38.1 Å². The first-order valence-electron chi connectivity index (χ1n) is 7.94. The number of nitrogens with one attached hydrogen (secondary N) is 2. The molecule has 22 heavy (non-hydrogen) atoms. The maximum atomic E-state index is 11.9. The summed E-state index contributed by atoms with van der Waals surface area (Å²) in [5.74, 6) is 1.57. The van der Waals surface area contributed by atoms with Crippen LogP contribution in [0, 0.1) is 0 Å². The van der Waals surface area contributed by atoms with Gasteiger partial charge in [-0.25, -0.2) is 0 Å². The quantitative estimate of drug-likeness (QED) is 0.808. The van der Waals surface area contributed by atoms with Gasteiger partial charge in [0.15, 0.2) is 11.5 Å². The molecule has 5 heteroatoms. The van der Waals surface area contributed by atoms with Crippen LogP contribution in [0.15, 0.2) is 18.2 Å². The van der Waals surface area contributed by atoms with Crippen LogP contribution in [0.3, 0.4) is 0 Å². The maximum Gasteiger partial charge on any atom is 0.221 e. The van der Waals surface area contributed by atoms with E-state index in [-0.39, 0.29) is 5.91 Å². The van der Waals surface area contributed by atoms with Gasteiger partial charge in [-0.2, -0.15) is 0 Å². The fourth-order valence-electron chi connectivity index (χ4n) is 2.78. The first-order valence-corrected chi connectivity index (χ1v) is 7.94. The van der Waals surface area contributed by atoms with Gasteiger partial charge in [0.1, 0.15) is 0 Å². The van der Waals surface area contributed by atoms with Crippen LogP contribution in [-0.4, -0.2) is 39.3 Å². The van der Waals surface area contributed by atoms with Gasteiger partial charge in [-0.1, -0.05) is 12.5 Å². The Morgan fingerprint density at radius 2 is 2.09 bits per heavy atom. The summed E-state index contributed by atoms with van der Waals surface area (Å²) in [6.45, 7) is 1.67. The van der Waals surface area contributed by atoms with E-state index in [4.69, 9.17) is 9.47 Å². The molecule has 1 fully saturated rings. The van der Waals surface area contributed by atoms with E-state index in [1.807, 2.05) is 18.2 Å². The van der Waals surface area contributed by atoms with Gasteiger partial charge in [-0.3, -0.25) is 4.79 Å². The largest absolute Gasteiger partial charge is 0.493 e. The highest BCUT2D eigenvalue weighted by atomic mass is 16.5. The predicted octanol–water partition coefficient (Wildman–Crippen LogP) is 1.89. The van der Waals surface area contributed by atoms with Crippen molar-refractivity contribution in [2.75, 3.05) is 27.3 Å². The van der Waals surface area contributed by atoms with Crippen LogP contribution in [0.5, 0.6) is 11.5 Å². The minimum Gasteiger partial charge on any atom is -0.493 e. The normalized spacial score (nSPS) is 17.8. The van der Waals surface area contributed by atoms with Crippen molar-refractivity contribution < 1.29 is 14.3 Å². The summed E-state index contributed by atoms with van der Waals surface area (Å²) in [6.07, 6.45) is 4.90. The van der Waals surface area contributed by atoms with E-state index < -0.39 is 0 Å². The Hall–Kier alpha value is -1.75. The van der Waals surface area contributed by atoms with Crippen LogP contribution in [0.25, 0.3) is 0 Å². The van der Waals surface area contributed by atoms with Gasteiger partial charge in [-0.15, -0.1) is 0 Å². The Bertz CT molecular complexity index is 485. The van der Waals surface area contributed by atoms with E-state index >= 15 is 0 Å². The first-order chi connectivity index (χ1) is 10.7. The van der Waals surface area contributed by atoms with E-state index in [1.54, 1.807) is 14.2 Å². The highest BCUT2D eigenvalue weighted by molar-refractivity contribution is 5.76. The Morgan fingerprint density at radius 1 is 1.27 bits per heavy atom. The van der Waals surface area contributed by atoms with Crippen molar-refractivity contribution >= 4 is 5.91 Å². The van der Waals surface area contributed by atoms with E-state index in [1.165, 1.54) is 12.8 Å². The molecule has 5 nitrogen and oxygen atoms in total. The maximum absolute atomic E-state index is 11.9. The molecule has 1 saturated heterocycles. The summed E-state index contributed by atoms with van der Waals surface area (Å²) in [7, 11) is 3.25. The number of carbonyl (C=O) groups is 1. The summed E-state index contributed by atoms with van der Waals surface area (Å²) < 4.78 is 10.5. The minimum atomic E-state index is 0.125. The van der Waals surface area contributed by atoms with Gasteiger partial charge >= 0.3 is 0 Å². The fourth-order valence-corrected chi connectivity index (χ4v) is 2.78. The molecule has 1 aromatic carbocycles. The lowest BCUT2D eigenvalue weighted by atomic mass is 10.0. The molecule has 0 radical (unpaired) electrons. The lowest BCUT2D eigenvalue weighted by Crippen LogP contribution is -2.39. The summed E-state index contributed by atoms with van der Waals surface area (Å²) in [5.41, 5.74) is 1.12. The predicted molar refractivity (Wildman–Crippen MR) is 86.5 cm³/mol. The molecule has 0 bridgehead atoms. The summed E-state index contributed by atoms with van der Waals surface area (Å²) >= 11 is 0. The number of hydrogen-bond acceptors (Lipinski definition) is 4. The highest BCUT2D eigenvalue weighted by Gasteiger charge is 2.15. The van der Waals surface area contributed by atoms with Gasteiger partial charge in [0.05, 0.1) is 14.2 Å². The summed E-state index contributed by atoms with van der Waals surface area (Å²) in [6, 6.07) is 6.18. The molecular weight excluding hydrogens is 280 g/mol. The Morgan fingerprint density at radius 3 is 2.77 bits per heavy atom. The molecule has 1 heterocycles. The third-order valence-electron chi connectivity index (χ3n) is 4.03. The molecule has 1 amide bonds. The van der Waals surface area contributed by atoms with Crippen LogP contribution in [0.4, 0.5) is 0 Å². The molecule has 2 rings (SSSR count). The number of piperidine rings is 1. The number of carbonyl (C=O) groups excluding carboxylic acids is 1. The van der Waals surface area contributed by atoms with Crippen molar-refractivity contribution in [3.8, 4) is 11.5 Å². The number of hydrogen-bond donors (Lipinski definition) is 2. The zero-order chi connectivity index (χ0) is 15.8. The molecule has 1 aliphatic rings. The Kier molecular flexibility index (Phi) is 6.52.